The van der Waals surface area contributed by atoms with Crippen molar-refractivity contribution in [2.24, 2.45) is 0 Å². The number of aromatic amines is 1. The summed E-state index contributed by atoms with van der Waals surface area (Å²) in [6, 6.07) is 21.6. The Hall–Kier alpha value is -5.05. The molecule has 0 fully saturated rings. The predicted octanol–water partition coefficient (Wildman–Crippen LogP) is 4.87. The van der Waals surface area contributed by atoms with Gasteiger partial charge in [-0.05, 0) is 62.4 Å². The molecule has 3 amide bonds. The standard InChI is InChI=1S/C30H26FN5O3/c1-20(2)36(23-14-12-21(31)13-15-23)28(37)19-34-16-17-35(22-8-4-3-5-9-22)30(39)25(29(34)38)18-27-24-10-6-7-11-26(24)32-33-27/h3-18,20H,19H2,1-2H3,(H,32,33). The molecule has 0 unspecified atom stereocenters. The van der Waals surface area contributed by atoms with Gasteiger partial charge in [-0.2, -0.15) is 5.10 Å². The number of nitrogens with one attached hydrogen (secondary N) is 1. The number of nitrogens with zero attached hydrogens (tertiary/aromatic N) is 4. The molecule has 8 nitrogen and oxygen atoms in total. The molecule has 39 heavy (non-hydrogen) atoms. The maximum atomic E-state index is 13.8. The molecule has 196 valence electrons. The lowest BCUT2D eigenvalue weighted by Gasteiger charge is -2.29. The number of carbonyl (C=O) groups is 3. The number of para-hydroxylation sites is 2. The topological polar surface area (TPSA) is 89.6 Å². The van der Waals surface area contributed by atoms with Crippen molar-refractivity contribution < 1.29 is 18.8 Å². The van der Waals surface area contributed by atoms with Crippen molar-refractivity contribution in [2.45, 2.75) is 19.9 Å². The Balaban J connectivity index is 1.54. The predicted molar refractivity (Wildman–Crippen MR) is 148 cm³/mol. The number of hydrogen-bond donors (Lipinski definition) is 1. The van der Waals surface area contributed by atoms with Crippen molar-refractivity contribution in [1.82, 2.24) is 15.1 Å². The lowest BCUT2D eigenvalue weighted by atomic mass is 10.1. The van der Waals surface area contributed by atoms with Crippen LogP contribution in [0.2, 0.25) is 0 Å². The number of anilines is 2. The third-order valence-electron chi connectivity index (χ3n) is 6.35. The van der Waals surface area contributed by atoms with Gasteiger partial charge in [0.05, 0.1) is 11.2 Å². The molecule has 0 bridgehead atoms. The number of benzene rings is 3. The molecule has 0 spiro atoms. The molecule has 0 radical (unpaired) electrons. The summed E-state index contributed by atoms with van der Waals surface area (Å²) in [6.45, 7) is 3.32. The number of amides is 3. The first-order valence-corrected chi connectivity index (χ1v) is 12.4. The summed E-state index contributed by atoms with van der Waals surface area (Å²) in [4.78, 5) is 45.1. The SMILES string of the molecule is CC(C)N(C(=O)CN1C=CN(c2ccccc2)C(=O)C(=Cc2n[nH]c3ccccc23)C1=O)c1ccc(F)cc1. The zero-order valence-corrected chi connectivity index (χ0v) is 21.4. The quantitative estimate of drug-likeness (QED) is 0.288. The Bertz CT molecular complexity index is 1590. The Morgan fingerprint density at radius 3 is 2.36 bits per heavy atom. The largest absolute Gasteiger partial charge is 0.308 e. The van der Waals surface area contributed by atoms with E-state index < -0.39 is 17.6 Å². The van der Waals surface area contributed by atoms with E-state index in [4.69, 9.17) is 0 Å². The van der Waals surface area contributed by atoms with Crippen LogP contribution in [0, 0.1) is 5.82 Å². The zero-order chi connectivity index (χ0) is 27.5. The van der Waals surface area contributed by atoms with Crippen molar-refractivity contribution in [1.29, 1.82) is 0 Å². The van der Waals surface area contributed by atoms with Gasteiger partial charge in [0, 0.05) is 35.2 Å². The highest BCUT2D eigenvalue weighted by atomic mass is 19.1. The van der Waals surface area contributed by atoms with Gasteiger partial charge >= 0.3 is 0 Å². The summed E-state index contributed by atoms with van der Waals surface area (Å²) < 4.78 is 13.5. The van der Waals surface area contributed by atoms with Gasteiger partial charge in [-0.15, -0.1) is 0 Å². The number of rotatable bonds is 6. The van der Waals surface area contributed by atoms with E-state index in [1.54, 1.807) is 24.3 Å². The maximum Gasteiger partial charge on any atom is 0.268 e. The first kappa shape index (κ1) is 25.6. The van der Waals surface area contributed by atoms with Crippen molar-refractivity contribution >= 4 is 46.1 Å². The molecule has 1 aliphatic heterocycles. The first-order valence-electron chi connectivity index (χ1n) is 12.4. The fourth-order valence-corrected chi connectivity index (χ4v) is 4.48. The van der Waals surface area contributed by atoms with Crippen LogP contribution in [0.1, 0.15) is 19.5 Å². The van der Waals surface area contributed by atoms with E-state index in [9.17, 15) is 18.8 Å². The molecule has 2 heterocycles. The van der Waals surface area contributed by atoms with E-state index >= 15 is 0 Å². The Kier molecular flexibility index (Phi) is 7.05. The molecule has 5 rings (SSSR count). The van der Waals surface area contributed by atoms with Crippen molar-refractivity contribution in [3.8, 4) is 0 Å². The Labute approximate surface area is 224 Å². The van der Waals surface area contributed by atoms with E-state index in [1.807, 2.05) is 44.2 Å². The second kappa shape index (κ2) is 10.7. The molecule has 0 saturated heterocycles. The van der Waals surface area contributed by atoms with Gasteiger partial charge in [0.15, 0.2) is 0 Å². The number of hydrogen-bond acceptors (Lipinski definition) is 4. The van der Waals surface area contributed by atoms with Gasteiger partial charge in [0.2, 0.25) is 5.91 Å². The molecule has 3 aromatic carbocycles. The van der Waals surface area contributed by atoms with Gasteiger partial charge in [-0.1, -0.05) is 36.4 Å². The van der Waals surface area contributed by atoms with Gasteiger partial charge in [0.25, 0.3) is 11.8 Å². The second-order valence-electron chi connectivity index (χ2n) is 9.29. The summed E-state index contributed by atoms with van der Waals surface area (Å²) in [6.07, 6.45) is 4.35. The molecule has 1 aromatic heterocycles. The van der Waals surface area contributed by atoms with E-state index in [-0.39, 0.29) is 24.1 Å². The highest BCUT2D eigenvalue weighted by molar-refractivity contribution is 6.28. The van der Waals surface area contributed by atoms with Crippen LogP contribution in [0.5, 0.6) is 0 Å². The average molecular weight is 524 g/mol. The fourth-order valence-electron chi connectivity index (χ4n) is 4.48. The van der Waals surface area contributed by atoms with Gasteiger partial charge in [-0.3, -0.25) is 24.4 Å². The maximum absolute atomic E-state index is 13.8. The summed E-state index contributed by atoms with van der Waals surface area (Å²) >= 11 is 0. The van der Waals surface area contributed by atoms with Crippen LogP contribution in [0.15, 0.2) is 96.8 Å². The average Bonchev–Trinajstić information content (AvgIpc) is 3.30. The minimum Gasteiger partial charge on any atom is -0.308 e. The molecule has 4 aromatic rings. The molecule has 1 aliphatic rings. The van der Waals surface area contributed by atoms with Crippen LogP contribution in [-0.4, -0.2) is 45.4 Å². The van der Waals surface area contributed by atoms with Gasteiger partial charge < -0.3 is 9.80 Å². The van der Waals surface area contributed by atoms with E-state index in [0.717, 1.165) is 10.9 Å². The number of aromatic nitrogens is 2. The summed E-state index contributed by atoms with van der Waals surface area (Å²) in [5, 5.41) is 7.96. The molecule has 9 heteroatoms. The molecular weight excluding hydrogens is 497 g/mol. The lowest BCUT2D eigenvalue weighted by molar-refractivity contribution is -0.131. The highest BCUT2D eigenvalue weighted by Crippen LogP contribution is 2.25. The zero-order valence-electron chi connectivity index (χ0n) is 21.4. The van der Waals surface area contributed by atoms with Crippen LogP contribution < -0.4 is 9.80 Å². The number of H-pyrrole nitrogens is 1. The third kappa shape index (κ3) is 5.19. The van der Waals surface area contributed by atoms with E-state index in [2.05, 4.69) is 10.2 Å². The van der Waals surface area contributed by atoms with Crippen LogP contribution >= 0.6 is 0 Å². The van der Waals surface area contributed by atoms with Crippen LogP contribution in [-0.2, 0) is 14.4 Å². The van der Waals surface area contributed by atoms with Gasteiger partial charge in [0.1, 0.15) is 17.9 Å². The van der Waals surface area contributed by atoms with Gasteiger partial charge in [-0.25, -0.2) is 4.39 Å². The minimum absolute atomic E-state index is 0.146. The van der Waals surface area contributed by atoms with Crippen molar-refractivity contribution in [3.63, 3.8) is 0 Å². The number of fused-ring (bicyclic) bond motifs is 1. The highest BCUT2D eigenvalue weighted by Gasteiger charge is 2.33. The summed E-state index contributed by atoms with van der Waals surface area (Å²) in [5.74, 6) is -2.00. The summed E-state index contributed by atoms with van der Waals surface area (Å²) in [7, 11) is 0. The fraction of sp³-hybridized carbons (Fsp3) is 0.133. The van der Waals surface area contributed by atoms with Crippen molar-refractivity contribution in [2.75, 3.05) is 16.3 Å². The second-order valence-corrected chi connectivity index (χ2v) is 9.29. The van der Waals surface area contributed by atoms with Crippen LogP contribution in [0.4, 0.5) is 15.8 Å². The Morgan fingerprint density at radius 2 is 1.64 bits per heavy atom. The van der Waals surface area contributed by atoms with Crippen LogP contribution in [0.3, 0.4) is 0 Å². The molecule has 0 aliphatic carbocycles. The minimum atomic E-state index is -0.641. The number of carbonyl (C=O) groups excluding carboxylic acids is 3. The molecular formula is C30H26FN5O3. The first-order chi connectivity index (χ1) is 18.8. The van der Waals surface area contributed by atoms with E-state index in [1.165, 1.54) is 57.4 Å². The van der Waals surface area contributed by atoms with Crippen LogP contribution in [0.25, 0.3) is 17.0 Å². The normalized spacial score (nSPS) is 14.9. The smallest absolute Gasteiger partial charge is 0.268 e. The number of halogens is 1. The Morgan fingerprint density at radius 1 is 0.949 bits per heavy atom. The monoisotopic (exact) mass is 523 g/mol. The summed E-state index contributed by atoms with van der Waals surface area (Å²) in [5.41, 5.74) is 2.11. The molecule has 1 N–H and O–H groups in total. The lowest BCUT2D eigenvalue weighted by Crippen LogP contribution is -2.44. The van der Waals surface area contributed by atoms with Crippen molar-refractivity contribution in [3.05, 3.63) is 108 Å². The van der Waals surface area contributed by atoms with E-state index in [0.29, 0.717) is 17.1 Å². The molecule has 0 saturated carbocycles. The molecule has 0 atom stereocenters. The third-order valence-corrected chi connectivity index (χ3v) is 6.35.